The average Bonchev–Trinajstić information content (AvgIpc) is 3.44. The van der Waals surface area contributed by atoms with Crippen molar-refractivity contribution in [3.8, 4) is 0 Å². The maximum Gasteiger partial charge on any atom is 0.509 e. The predicted molar refractivity (Wildman–Crippen MR) is 145 cm³/mol. The van der Waals surface area contributed by atoms with Crippen LogP contribution in [-0.2, 0) is 9.47 Å². The minimum atomic E-state index is -5.25. The molecular formula is C31H44F12O4. The average molecular weight is 709 g/mol. The summed E-state index contributed by atoms with van der Waals surface area (Å²) in [6.45, 7) is 11.3. The summed E-state index contributed by atoms with van der Waals surface area (Å²) >= 11 is 0. The van der Waals surface area contributed by atoms with Gasteiger partial charge in [0.15, 0.2) is 16.9 Å². The zero-order chi connectivity index (χ0) is 36.9. The van der Waals surface area contributed by atoms with E-state index in [4.69, 9.17) is 4.74 Å². The highest BCUT2D eigenvalue weighted by atomic mass is 19.4. The van der Waals surface area contributed by atoms with Crippen molar-refractivity contribution in [1.29, 1.82) is 0 Å². The number of carbonyl (C=O) groups is 1. The molecule has 0 saturated heterocycles. The Morgan fingerprint density at radius 1 is 0.617 bits per heavy atom. The van der Waals surface area contributed by atoms with E-state index in [0.29, 0.717) is 13.8 Å². The second kappa shape index (κ2) is 11.5. The van der Waals surface area contributed by atoms with Gasteiger partial charge in [-0.25, -0.2) is 31.1 Å². The SMILES string of the molecule is CC1C(C)C2CC1C(F)(F)C2(F)CC(C)(O)C(F)(F)F.CC1C(C)C2CC1C(F)(F)C2(F)CC(C)(OC(=O)OC(C)(C)C)C(F)(F)F. The largest absolute Gasteiger partial charge is 0.509 e. The molecule has 47 heavy (non-hydrogen) atoms. The van der Waals surface area contributed by atoms with Gasteiger partial charge < -0.3 is 14.6 Å². The highest BCUT2D eigenvalue weighted by Crippen LogP contribution is 2.69. The Kier molecular flexibility index (Phi) is 9.71. The molecule has 0 aliphatic heterocycles. The molecule has 1 N–H and O–H groups in total. The van der Waals surface area contributed by atoms with Crippen LogP contribution in [-0.4, -0.2) is 63.6 Å². The molecule has 4 nitrogen and oxygen atoms in total. The molecule has 12 atom stereocenters. The van der Waals surface area contributed by atoms with Crippen LogP contribution in [0.3, 0.4) is 0 Å². The van der Waals surface area contributed by atoms with Crippen molar-refractivity contribution < 1.29 is 72.1 Å². The molecule has 0 amide bonds. The first-order valence-electron chi connectivity index (χ1n) is 15.5. The number of fused-ring (bicyclic) bond motifs is 4. The lowest BCUT2D eigenvalue weighted by Crippen LogP contribution is -2.60. The van der Waals surface area contributed by atoms with Crippen molar-refractivity contribution in [2.45, 2.75) is 140 Å². The van der Waals surface area contributed by atoms with Gasteiger partial charge in [0.05, 0.1) is 0 Å². The van der Waals surface area contributed by atoms with Crippen LogP contribution < -0.4 is 0 Å². The zero-order valence-electron chi connectivity index (χ0n) is 27.7. The maximum absolute atomic E-state index is 15.5. The molecule has 4 aliphatic carbocycles. The van der Waals surface area contributed by atoms with Crippen molar-refractivity contribution in [3.05, 3.63) is 0 Å². The second-order valence-electron chi connectivity index (χ2n) is 15.7. The van der Waals surface area contributed by atoms with Gasteiger partial charge in [0, 0.05) is 36.5 Å². The topological polar surface area (TPSA) is 55.8 Å². The summed E-state index contributed by atoms with van der Waals surface area (Å²) in [5.41, 5.74) is -14.8. The van der Waals surface area contributed by atoms with Gasteiger partial charge in [-0.1, -0.05) is 27.7 Å². The molecule has 0 aromatic heterocycles. The van der Waals surface area contributed by atoms with Gasteiger partial charge >= 0.3 is 18.5 Å². The lowest BCUT2D eigenvalue weighted by molar-refractivity contribution is -0.290. The van der Waals surface area contributed by atoms with E-state index in [0.717, 1.165) is 0 Å². The summed E-state index contributed by atoms with van der Waals surface area (Å²) < 4.78 is 176. The third kappa shape index (κ3) is 6.31. The van der Waals surface area contributed by atoms with E-state index in [2.05, 4.69) is 4.74 Å². The first-order valence-corrected chi connectivity index (χ1v) is 15.5. The number of rotatable bonds is 5. The summed E-state index contributed by atoms with van der Waals surface area (Å²) in [5.74, 6) is -14.6. The Morgan fingerprint density at radius 3 is 1.26 bits per heavy atom. The minimum Gasteiger partial charge on any atom is -0.429 e. The number of halogens is 12. The number of aliphatic hydroxyl groups is 1. The highest BCUT2D eigenvalue weighted by Gasteiger charge is 2.79. The van der Waals surface area contributed by atoms with Crippen molar-refractivity contribution >= 4 is 6.16 Å². The summed E-state index contributed by atoms with van der Waals surface area (Å²) in [5, 5.41) is 9.39. The summed E-state index contributed by atoms with van der Waals surface area (Å²) in [4.78, 5) is 11.8. The number of hydrogen-bond donors (Lipinski definition) is 1. The first-order chi connectivity index (χ1) is 20.6. The predicted octanol–water partition coefficient (Wildman–Crippen LogP) is 9.87. The molecule has 0 heterocycles. The van der Waals surface area contributed by atoms with Crippen LogP contribution in [0.4, 0.5) is 57.5 Å². The van der Waals surface area contributed by atoms with Gasteiger partial charge in [-0.05, 0) is 71.1 Å². The Morgan fingerprint density at radius 2 is 0.957 bits per heavy atom. The molecule has 0 aromatic rings. The standard InChI is InChI=1S/C18H26F6O3.C13H18F6O/c1-9-10(2)12-7-11(9)16(19,17(12,20)21)8-15(6,18(22,23)24)27-13(25)26-14(3,4)5;1-6-7(2)9-4-8(6)11(14,12(9,15)16)5-10(3,20)13(17,18)19/h9-12H,7-8H2,1-6H3;6-9,20H,4-5H2,1-3H3. The van der Waals surface area contributed by atoms with E-state index in [1.54, 1.807) is 27.7 Å². The van der Waals surface area contributed by atoms with E-state index in [1.807, 2.05) is 0 Å². The number of alkyl halides is 12. The Balaban J connectivity index is 0.000000267. The number of ether oxygens (including phenoxy) is 2. The van der Waals surface area contributed by atoms with Crippen LogP contribution in [0.5, 0.6) is 0 Å². The van der Waals surface area contributed by atoms with Crippen molar-refractivity contribution in [1.82, 2.24) is 0 Å². The summed E-state index contributed by atoms with van der Waals surface area (Å²) in [6, 6.07) is 0. The van der Waals surface area contributed by atoms with Gasteiger partial charge in [-0.3, -0.25) is 0 Å². The fourth-order valence-electron chi connectivity index (χ4n) is 8.38. The molecule has 12 unspecified atom stereocenters. The smallest absolute Gasteiger partial charge is 0.429 e. The lowest BCUT2D eigenvalue weighted by atomic mass is 9.68. The van der Waals surface area contributed by atoms with Crippen molar-refractivity contribution in [2.24, 2.45) is 47.3 Å². The van der Waals surface area contributed by atoms with Gasteiger partial charge in [0.25, 0.3) is 11.8 Å². The fourth-order valence-corrected chi connectivity index (χ4v) is 8.38. The van der Waals surface area contributed by atoms with Crippen molar-refractivity contribution in [2.75, 3.05) is 0 Å². The quantitative estimate of drug-likeness (QED) is 0.228. The zero-order valence-corrected chi connectivity index (χ0v) is 27.7. The van der Waals surface area contributed by atoms with Crippen molar-refractivity contribution in [3.63, 3.8) is 0 Å². The van der Waals surface area contributed by atoms with E-state index < -0.39 is 119 Å². The number of hydrogen-bond acceptors (Lipinski definition) is 4. The summed E-state index contributed by atoms with van der Waals surface area (Å²) in [7, 11) is 0. The van der Waals surface area contributed by atoms with Gasteiger partial charge in [0.2, 0.25) is 5.60 Å². The van der Waals surface area contributed by atoms with E-state index >= 15 is 4.39 Å². The molecule has 4 bridgehead atoms. The van der Waals surface area contributed by atoms with Gasteiger partial charge in [-0.2, -0.15) is 26.3 Å². The molecule has 4 saturated carbocycles. The third-order valence-electron chi connectivity index (χ3n) is 11.5. The Hall–Kier alpha value is -1.61. The second-order valence-corrected chi connectivity index (χ2v) is 15.7. The monoisotopic (exact) mass is 708 g/mol. The molecule has 0 aromatic carbocycles. The Bertz CT molecular complexity index is 1180. The molecular weight excluding hydrogens is 664 g/mol. The van der Waals surface area contributed by atoms with E-state index in [-0.39, 0.29) is 12.8 Å². The number of carbonyl (C=O) groups excluding carboxylic acids is 1. The molecule has 4 aliphatic rings. The van der Waals surface area contributed by atoms with E-state index in [1.165, 1.54) is 20.8 Å². The molecule has 4 fully saturated rings. The van der Waals surface area contributed by atoms with Crippen LogP contribution in [0.1, 0.15) is 88.0 Å². The van der Waals surface area contributed by atoms with Gasteiger partial charge in [0.1, 0.15) is 5.60 Å². The molecule has 0 spiro atoms. The van der Waals surface area contributed by atoms with E-state index in [9.17, 15) is 58.2 Å². The summed E-state index contributed by atoms with van der Waals surface area (Å²) in [6.07, 6.45) is -15.7. The van der Waals surface area contributed by atoms with Crippen LogP contribution in [0.15, 0.2) is 0 Å². The lowest BCUT2D eigenvalue weighted by Gasteiger charge is -2.46. The van der Waals surface area contributed by atoms with Gasteiger partial charge in [-0.15, -0.1) is 0 Å². The normalized spacial score (nSPS) is 41.5. The highest BCUT2D eigenvalue weighted by molar-refractivity contribution is 5.61. The molecule has 4 rings (SSSR count). The fraction of sp³-hybridized carbons (Fsp3) is 0.968. The Labute approximate surface area is 266 Å². The third-order valence-corrected chi connectivity index (χ3v) is 11.5. The van der Waals surface area contributed by atoms with Crippen LogP contribution in [0, 0.1) is 47.3 Å². The minimum absolute atomic E-state index is 0.125. The van der Waals surface area contributed by atoms with Crippen LogP contribution in [0.25, 0.3) is 0 Å². The molecule has 276 valence electrons. The molecule has 16 heteroatoms. The van der Waals surface area contributed by atoms with Crippen LogP contribution >= 0.6 is 0 Å². The maximum atomic E-state index is 15.5. The molecule has 0 radical (unpaired) electrons. The first kappa shape index (κ1) is 39.8. The van der Waals surface area contributed by atoms with Crippen LogP contribution in [0.2, 0.25) is 0 Å².